The Balaban J connectivity index is 2.57. The molecule has 0 spiro atoms. The van der Waals surface area contributed by atoms with Gasteiger partial charge in [-0.3, -0.25) is 4.98 Å². The van der Waals surface area contributed by atoms with Gasteiger partial charge in [-0.05, 0) is 36.2 Å². The van der Waals surface area contributed by atoms with Crippen molar-refractivity contribution in [2.75, 3.05) is 0 Å². The lowest BCUT2D eigenvalue weighted by Crippen LogP contribution is -1.83. The average Bonchev–Trinajstić information content (AvgIpc) is 2.23. The molecule has 1 nitrogen and oxygen atoms in total. The normalized spacial score (nSPS) is 10.1. The third-order valence-electron chi connectivity index (χ3n) is 2.17. The fraction of sp³-hybridized carbons (Fsp3) is 0.0833. The predicted molar refractivity (Wildman–Crippen MR) is 62.1 cm³/mol. The summed E-state index contributed by atoms with van der Waals surface area (Å²) in [4.78, 5) is 4.12. The Morgan fingerprint density at radius 3 is 2.79 bits per heavy atom. The van der Waals surface area contributed by atoms with E-state index >= 15 is 0 Å². The van der Waals surface area contributed by atoms with Crippen LogP contribution in [-0.4, -0.2) is 4.98 Å². The zero-order chi connectivity index (χ0) is 9.97. The molecule has 1 aromatic heterocycles. The molecule has 0 saturated heterocycles. The van der Waals surface area contributed by atoms with Crippen LogP contribution in [-0.2, 0) is 0 Å². The zero-order valence-corrected chi connectivity index (χ0v) is 9.45. The van der Waals surface area contributed by atoms with Crippen molar-refractivity contribution in [2.24, 2.45) is 0 Å². The highest BCUT2D eigenvalue weighted by atomic mass is 79.9. The summed E-state index contributed by atoms with van der Waals surface area (Å²) in [5, 5.41) is 0. The average molecular weight is 248 g/mol. The molecule has 0 aliphatic heterocycles. The maximum absolute atomic E-state index is 4.12. The van der Waals surface area contributed by atoms with Crippen LogP contribution < -0.4 is 0 Å². The van der Waals surface area contributed by atoms with Gasteiger partial charge >= 0.3 is 0 Å². The van der Waals surface area contributed by atoms with E-state index in [9.17, 15) is 0 Å². The van der Waals surface area contributed by atoms with E-state index in [4.69, 9.17) is 0 Å². The Kier molecular flexibility index (Phi) is 2.64. The standard InChI is InChI=1S/C12H10BrN/c1-9-4-5-11(13)7-12(9)10-3-2-6-14-8-10/h2-8H,1H3. The molecule has 0 atom stereocenters. The van der Waals surface area contributed by atoms with Gasteiger partial charge in [-0.15, -0.1) is 0 Å². The maximum atomic E-state index is 4.12. The first-order valence-electron chi connectivity index (χ1n) is 4.44. The second-order valence-electron chi connectivity index (χ2n) is 3.20. The van der Waals surface area contributed by atoms with Crippen molar-refractivity contribution in [3.8, 4) is 11.1 Å². The van der Waals surface area contributed by atoms with E-state index in [0.29, 0.717) is 0 Å². The predicted octanol–water partition coefficient (Wildman–Crippen LogP) is 3.82. The first-order chi connectivity index (χ1) is 6.77. The number of halogens is 1. The van der Waals surface area contributed by atoms with E-state index in [1.54, 1.807) is 6.20 Å². The molecule has 14 heavy (non-hydrogen) atoms. The number of pyridine rings is 1. The van der Waals surface area contributed by atoms with Gasteiger partial charge in [0.25, 0.3) is 0 Å². The van der Waals surface area contributed by atoms with Crippen LogP contribution in [0.4, 0.5) is 0 Å². The molecule has 0 aliphatic carbocycles. The summed E-state index contributed by atoms with van der Waals surface area (Å²) in [5.41, 5.74) is 3.65. The van der Waals surface area contributed by atoms with E-state index < -0.39 is 0 Å². The summed E-state index contributed by atoms with van der Waals surface area (Å²) in [6.45, 7) is 2.11. The Labute approximate surface area is 91.9 Å². The van der Waals surface area contributed by atoms with Crippen molar-refractivity contribution in [3.05, 3.63) is 52.8 Å². The van der Waals surface area contributed by atoms with Crippen molar-refractivity contribution in [1.29, 1.82) is 0 Å². The SMILES string of the molecule is Cc1ccc(Br)cc1-c1cccnc1. The van der Waals surface area contributed by atoms with Gasteiger partial charge < -0.3 is 0 Å². The summed E-state index contributed by atoms with van der Waals surface area (Å²) in [7, 11) is 0. The largest absolute Gasteiger partial charge is 0.264 e. The number of nitrogens with zero attached hydrogens (tertiary/aromatic N) is 1. The Morgan fingerprint density at radius 1 is 1.21 bits per heavy atom. The molecule has 2 aromatic rings. The first-order valence-corrected chi connectivity index (χ1v) is 5.23. The van der Waals surface area contributed by atoms with Crippen molar-refractivity contribution in [2.45, 2.75) is 6.92 Å². The van der Waals surface area contributed by atoms with Gasteiger partial charge in [-0.2, -0.15) is 0 Å². The molecule has 0 saturated carbocycles. The van der Waals surface area contributed by atoms with E-state index in [1.165, 1.54) is 11.1 Å². The molecule has 70 valence electrons. The lowest BCUT2D eigenvalue weighted by atomic mass is 10.0. The molecule has 0 aliphatic rings. The minimum absolute atomic E-state index is 1.10. The fourth-order valence-electron chi connectivity index (χ4n) is 1.43. The molecule has 2 rings (SSSR count). The van der Waals surface area contributed by atoms with Gasteiger partial charge in [-0.1, -0.05) is 28.1 Å². The highest BCUT2D eigenvalue weighted by Gasteiger charge is 2.01. The van der Waals surface area contributed by atoms with Crippen LogP contribution in [0, 0.1) is 6.92 Å². The Bertz CT molecular complexity index is 437. The second kappa shape index (κ2) is 3.93. The molecule has 1 aromatic carbocycles. The smallest absolute Gasteiger partial charge is 0.0346 e. The van der Waals surface area contributed by atoms with Gasteiger partial charge in [0.2, 0.25) is 0 Å². The number of aromatic nitrogens is 1. The molecule has 0 fully saturated rings. The minimum atomic E-state index is 1.10. The van der Waals surface area contributed by atoms with Gasteiger partial charge in [0.05, 0.1) is 0 Å². The lowest BCUT2D eigenvalue weighted by molar-refractivity contribution is 1.32. The van der Waals surface area contributed by atoms with Crippen molar-refractivity contribution >= 4 is 15.9 Å². The molecular weight excluding hydrogens is 238 g/mol. The second-order valence-corrected chi connectivity index (χ2v) is 4.12. The molecule has 0 radical (unpaired) electrons. The number of aryl methyl sites for hydroxylation is 1. The van der Waals surface area contributed by atoms with Crippen LogP contribution >= 0.6 is 15.9 Å². The van der Waals surface area contributed by atoms with Gasteiger partial charge in [0.1, 0.15) is 0 Å². The molecule has 0 unspecified atom stereocenters. The topological polar surface area (TPSA) is 12.9 Å². The quantitative estimate of drug-likeness (QED) is 0.747. The summed E-state index contributed by atoms with van der Waals surface area (Å²) in [5.74, 6) is 0. The van der Waals surface area contributed by atoms with Crippen molar-refractivity contribution < 1.29 is 0 Å². The van der Waals surface area contributed by atoms with Crippen molar-refractivity contribution in [3.63, 3.8) is 0 Å². The van der Waals surface area contributed by atoms with E-state index in [2.05, 4.69) is 52.1 Å². The highest BCUT2D eigenvalue weighted by molar-refractivity contribution is 9.10. The van der Waals surface area contributed by atoms with E-state index in [-0.39, 0.29) is 0 Å². The van der Waals surface area contributed by atoms with Crippen LogP contribution in [0.2, 0.25) is 0 Å². The third kappa shape index (κ3) is 1.85. The number of benzene rings is 1. The summed E-state index contributed by atoms with van der Waals surface area (Å²) >= 11 is 3.47. The maximum Gasteiger partial charge on any atom is 0.0346 e. The fourth-order valence-corrected chi connectivity index (χ4v) is 1.79. The van der Waals surface area contributed by atoms with Gasteiger partial charge in [0.15, 0.2) is 0 Å². The minimum Gasteiger partial charge on any atom is -0.264 e. The number of hydrogen-bond acceptors (Lipinski definition) is 1. The summed E-state index contributed by atoms with van der Waals surface area (Å²) < 4.78 is 1.10. The zero-order valence-electron chi connectivity index (χ0n) is 7.87. The number of hydrogen-bond donors (Lipinski definition) is 0. The van der Waals surface area contributed by atoms with E-state index in [0.717, 1.165) is 10.0 Å². The number of rotatable bonds is 1. The molecular formula is C12H10BrN. The molecule has 0 amide bonds. The van der Waals surface area contributed by atoms with Crippen molar-refractivity contribution in [1.82, 2.24) is 4.98 Å². The summed E-state index contributed by atoms with van der Waals surface area (Å²) in [6, 6.07) is 10.3. The van der Waals surface area contributed by atoms with Gasteiger partial charge in [-0.25, -0.2) is 0 Å². The van der Waals surface area contributed by atoms with E-state index in [1.807, 2.05) is 12.3 Å². The lowest BCUT2D eigenvalue weighted by Gasteiger charge is -2.05. The Morgan fingerprint density at radius 2 is 2.07 bits per heavy atom. The first kappa shape index (κ1) is 9.41. The molecule has 2 heteroatoms. The highest BCUT2D eigenvalue weighted by Crippen LogP contribution is 2.25. The van der Waals surface area contributed by atoms with Crippen LogP contribution in [0.3, 0.4) is 0 Å². The monoisotopic (exact) mass is 247 g/mol. The van der Waals surface area contributed by atoms with Crippen LogP contribution in [0.1, 0.15) is 5.56 Å². The van der Waals surface area contributed by atoms with Gasteiger partial charge in [0, 0.05) is 22.4 Å². The Hall–Kier alpha value is -1.15. The van der Waals surface area contributed by atoms with Crippen LogP contribution in [0.5, 0.6) is 0 Å². The molecule has 1 heterocycles. The molecule has 0 bridgehead atoms. The third-order valence-corrected chi connectivity index (χ3v) is 2.67. The molecule has 0 N–H and O–H groups in total. The van der Waals surface area contributed by atoms with Crippen LogP contribution in [0.15, 0.2) is 47.2 Å². The summed E-state index contributed by atoms with van der Waals surface area (Å²) in [6.07, 6.45) is 3.67. The van der Waals surface area contributed by atoms with Crippen LogP contribution in [0.25, 0.3) is 11.1 Å².